The van der Waals surface area contributed by atoms with E-state index in [-0.39, 0.29) is 30.5 Å². The van der Waals surface area contributed by atoms with E-state index in [2.05, 4.69) is 20.6 Å². The van der Waals surface area contributed by atoms with Gasteiger partial charge in [0.25, 0.3) is 0 Å². The second-order valence-corrected chi connectivity index (χ2v) is 3.89. The second kappa shape index (κ2) is 9.64. The van der Waals surface area contributed by atoms with Crippen molar-refractivity contribution in [2.75, 3.05) is 20.7 Å². The Morgan fingerprint density at radius 2 is 2.05 bits per heavy atom. The minimum atomic E-state index is -4.18. The summed E-state index contributed by atoms with van der Waals surface area (Å²) in [6, 6.07) is 5.26. The van der Waals surface area contributed by atoms with Crippen LogP contribution in [0.25, 0.3) is 0 Å². The maximum atomic E-state index is 12.0. The fraction of sp³-hybridized carbons (Fsp3) is 0.500. The van der Waals surface area contributed by atoms with E-state index >= 15 is 0 Å². The standard InChI is InChI=1S/C12H17F3N4O.HI/c1-16-11(17-7-6-12(13,14)15)18-8-9-4-3-5-10(19-9)20-2;/h3-5H,6-8H2,1-2H3,(H2,16,17,18);1H. The van der Waals surface area contributed by atoms with Crippen LogP contribution in [0.5, 0.6) is 5.88 Å². The lowest BCUT2D eigenvalue weighted by Gasteiger charge is -2.12. The maximum absolute atomic E-state index is 12.0. The molecule has 0 aliphatic rings. The molecule has 0 aliphatic carbocycles. The largest absolute Gasteiger partial charge is 0.481 e. The molecule has 0 aliphatic heterocycles. The van der Waals surface area contributed by atoms with Crippen molar-refractivity contribution >= 4 is 29.9 Å². The van der Waals surface area contributed by atoms with Crippen molar-refractivity contribution in [3.05, 3.63) is 23.9 Å². The Bertz CT molecular complexity index is 454. The third-order valence-electron chi connectivity index (χ3n) is 2.35. The van der Waals surface area contributed by atoms with E-state index in [0.717, 1.165) is 0 Å². The number of alkyl halides is 3. The molecule has 1 rings (SSSR count). The van der Waals surface area contributed by atoms with Crippen molar-refractivity contribution in [2.45, 2.75) is 19.1 Å². The number of aromatic nitrogens is 1. The molecule has 0 atom stereocenters. The molecular formula is C12H18F3IN4O. The van der Waals surface area contributed by atoms with Gasteiger partial charge in [-0.2, -0.15) is 13.2 Å². The predicted molar refractivity (Wildman–Crippen MR) is 85.1 cm³/mol. The molecule has 0 unspecified atom stereocenters. The molecular weight excluding hydrogens is 400 g/mol. The van der Waals surface area contributed by atoms with E-state index in [9.17, 15) is 13.2 Å². The molecule has 9 heteroatoms. The first kappa shape index (κ1) is 19.7. The van der Waals surface area contributed by atoms with Gasteiger partial charge in [0.1, 0.15) is 0 Å². The third-order valence-corrected chi connectivity index (χ3v) is 2.35. The first-order chi connectivity index (χ1) is 9.44. The summed E-state index contributed by atoms with van der Waals surface area (Å²) in [4.78, 5) is 8.00. The Balaban J connectivity index is 0.00000400. The van der Waals surface area contributed by atoms with Gasteiger partial charge in [0.2, 0.25) is 5.88 Å². The van der Waals surface area contributed by atoms with Gasteiger partial charge in [0.15, 0.2) is 5.96 Å². The Hall–Kier alpha value is -1.26. The SMILES string of the molecule is CN=C(NCCC(F)(F)F)NCc1cccc(OC)n1.I. The molecule has 0 bridgehead atoms. The van der Waals surface area contributed by atoms with E-state index in [1.165, 1.54) is 14.2 Å². The molecule has 0 radical (unpaired) electrons. The summed E-state index contributed by atoms with van der Waals surface area (Å²) in [6.45, 7) is 0.109. The number of nitrogens with one attached hydrogen (secondary N) is 2. The van der Waals surface area contributed by atoms with Crippen LogP contribution in [-0.2, 0) is 6.54 Å². The summed E-state index contributed by atoms with van der Waals surface area (Å²) in [6.07, 6.45) is -5.09. The van der Waals surface area contributed by atoms with Crippen LogP contribution in [0.1, 0.15) is 12.1 Å². The topological polar surface area (TPSA) is 58.5 Å². The minimum Gasteiger partial charge on any atom is -0.481 e. The lowest BCUT2D eigenvalue weighted by molar-refractivity contribution is -0.132. The average molecular weight is 418 g/mol. The van der Waals surface area contributed by atoms with E-state index in [4.69, 9.17) is 4.74 Å². The van der Waals surface area contributed by atoms with E-state index in [1.54, 1.807) is 18.2 Å². The maximum Gasteiger partial charge on any atom is 0.390 e. The van der Waals surface area contributed by atoms with Crippen molar-refractivity contribution in [1.29, 1.82) is 0 Å². The van der Waals surface area contributed by atoms with Crippen LogP contribution in [0.2, 0.25) is 0 Å². The normalized spacial score (nSPS) is 11.6. The highest BCUT2D eigenvalue weighted by Crippen LogP contribution is 2.18. The first-order valence-electron chi connectivity index (χ1n) is 5.96. The highest BCUT2D eigenvalue weighted by molar-refractivity contribution is 14.0. The van der Waals surface area contributed by atoms with Gasteiger partial charge in [-0.05, 0) is 6.07 Å². The van der Waals surface area contributed by atoms with Gasteiger partial charge in [0, 0.05) is 19.7 Å². The smallest absolute Gasteiger partial charge is 0.390 e. The molecule has 120 valence electrons. The van der Waals surface area contributed by atoms with Gasteiger partial charge in [-0.25, -0.2) is 4.98 Å². The van der Waals surface area contributed by atoms with Crippen LogP contribution in [0, 0.1) is 0 Å². The number of guanidine groups is 1. The number of hydrogen-bond donors (Lipinski definition) is 2. The van der Waals surface area contributed by atoms with Gasteiger partial charge in [-0.1, -0.05) is 6.07 Å². The number of methoxy groups -OCH3 is 1. The molecule has 0 amide bonds. The van der Waals surface area contributed by atoms with E-state index in [1.807, 2.05) is 0 Å². The predicted octanol–water partition coefficient (Wildman–Crippen LogP) is 2.33. The van der Waals surface area contributed by atoms with Crippen molar-refractivity contribution in [1.82, 2.24) is 15.6 Å². The monoisotopic (exact) mass is 418 g/mol. The molecule has 0 fully saturated rings. The number of hydrogen-bond acceptors (Lipinski definition) is 3. The molecule has 5 nitrogen and oxygen atoms in total. The molecule has 0 aromatic carbocycles. The summed E-state index contributed by atoms with van der Waals surface area (Å²) in [5.41, 5.74) is 0.697. The van der Waals surface area contributed by atoms with Crippen molar-refractivity contribution in [3.8, 4) is 5.88 Å². The number of ether oxygens (including phenoxy) is 1. The zero-order chi connectivity index (χ0) is 15.0. The summed E-state index contributed by atoms with van der Waals surface area (Å²) >= 11 is 0. The van der Waals surface area contributed by atoms with Crippen LogP contribution in [0.15, 0.2) is 23.2 Å². The summed E-state index contributed by atoms with van der Waals surface area (Å²) in [5.74, 6) is 0.767. The van der Waals surface area contributed by atoms with Gasteiger partial charge in [-0.3, -0.25) is 4.99 Å². The molecule has 1 aromatic rings. The Labute approximate surface area is 138 Å². The minimum absolute atomic E-state index is 0. The Morgan fingerprint density at radius 3 is 2.62 bits per heavy atom. The van der Waals surface area contributed by atoms with E-state index in [0.29, 0.717) is 24.1 Å². The lowest BCUT2D eigenvalue weighted by atomic mass is 10.3. The zero-order valence-corrected chi connectivity index (χ0v) is 14.0. The van der Waals surface area contributed by atoms with Gasteiger partial charge in [-0.15, -0.1) is 24.0 Å². The van der Waals surface area contributed by atoms with Gasteiger partial charge >= 0.3 is 6.18 Å². The second-order valence-electron chi connectivity index (χ2n) is 3.89. The Kier molecular flexibility index (Phi) is 9.06. The van der Waals surface area contributed by atoms with Crippen molar-refractivity contribution in [2.24, 2.45) is 4.99 Å². The first-order valence-corrected chi connectivity index (χ1v) is 5.96. The highest BCUT2D eigenvalue weighted by atomic mass is 127. The van der Waals surface area contributed by atoms with Gasteiger partial charge in [0.05, 0.1) is 25.8 Å². The summed E-state index contributed by atoms with van der Waals surface area (Å²) in [5, 5.41) is 5.46. The van der Waals surface area contributed by atoms with Crippen LogP contribution < -0.4 is 15.4 Å². The Morgan fingerprint density at radius 1 is 1.33 bits per heavy atom. The molecule has 0 saturated carbocycles. The quantitative estimate of drug-likeness (QED) is 0.438. The fourth-order valence-corrected chi connectivity index (χ4v) is 1.39. The van der Waals surface area contributed by atoms with E-state index < -0.39 is 12.6 Å². The van der Waals surface area contributed by atoms with Crippen LogP contribution in [0.4, 0.5) is 13.2 Å². The molecule has 2 N–H and O–H groups in total. The number of rotatable bonds is 5. The average Bonchev–Trinajstić information content (AvgIpc) is 2.41. The molecule has 0 spiro atoms. The van der Waals surface area contributed by atoms with Crippen LogP contribution in [-0.4, -0.2) is 37.8 Å². The number of aliphatic imine (C=N–C) groups is 1. The fourth-order valence-electron chi connectivity index (χ4n) is 1.39. The molecule has 21 heavy (non-hydrogen) atoms. The highest BCUT2D eigenvalue weighted by Gasteiger charge is 2.26. The van der Waals surface area contributed by atoms with Gasteiger partial charge < -0.3 is 15.4 Å². The van der Waals surface area contributed by atoms with Crippen LogP contribution in [0.3, 0.4) is 0 Å². The summed E-state index contributed by atoms with van der Waals surface area (Å²) in [7, 11) is 3.00. The number of nitrogens with zero attached hydrogens (tertiary/aromatic N) is 2. The summed E-state index contributed by atoms with van der Waals surface area (Å²) < 4.78 is 41.0. The molecule has 0 saturated heterocycles. The van der Waals surface area contributed by atoms with Crippen molar-refractivity contribution < 1.29 is 17.9 Å². The zero-order valence-electron chi connectivity index (χ0n) is 11.7. The number of halogens is 4. The third kappa shape index (κ3) is 8.58. The van der Waals surface area contributed by atoms with Crippen molar-refractivity contribution in [3.63, 3.8) is 0 Å². The van der Waals surface area contributed by atoms with Crippen LogP contribution >= 0.6 is 24.0 Å². The number of pyridine rings is 1. The molecule has 1 heterocycles. The lowest BCUT2D eigenvalue weighted by Crippen LogP contribution is -2.38. The molecule has 1 aromatic heterocycles.